The molecule has 0 radical (unpaired) electrons. The van der Waals surface area contributed by atoms with Gasteiger partial charge in [0.2, 0.25) is 5.91 Å². The SMILES string of the molecule is CCN(CC)C(=O)/C=C/CF.Cc1cc2[nH]ccc2c(N2CCc3c(N)nc(OC[C@@H]4CC(F)(F)CN4C)nc3C2)c1C.S. The van der Waals surface area contributed by atoms with Gasteiger partial charge in [0.05, 0.1) is 18.8 Å². The van der Waals surface area contributed by atoms with E-state index in [2.05, 4.69) is 45.8 Å². The Morgan fingerprint density at radius 3 is 2.64 bits per heavy atom. The van der Waals surface area contributed by atoms with Crippen molar-refractivity contribution in [1.29, 1.82) is 0 Å². The summed E-state index contributed by atoms with van der Waals surface area (Å²) in [5.41, 5.74) is 12.8. The second-order valence-electron chi connectivity index (χ2n) is 11.1. The van der Waals surface area contributed by atoms with Crippen LogP contribution < -0.4 is 15.4 Å². The molecule has 2 aliphatic rings. The fourth-order valence-corrected chi connectivity index (χ4v) is 5.72. The van der Waals surface area contributed by atoms with Crippen LogP contribution in [-0.4, -0.2) is 89.1 Å². The number of allylic oxidation sites excluding steroid dienone is 1. The molecule has 3 N–H and O–H groups in total. The first-order valence-corrected chi connectivity index (χ1v) is 14.7. The van der Waals surface area contributed by atoms with Gasteiger partial charge in [0, 0.05) is 66.5 Å². The smallest absolute Gasteiger partial charge is 0.318 e. The molecule has 3 aromatic rings. The molecule has 0 saturated carbocycles. The summed E-state index contributed by atoms with van der Waals surface area (Å²) >= 11 is 0. The van der Waals surface area contributed by atoms with Crippen molar-refractivity contribution in [2.45, 2.75) is 59.0 Å². The Morgan fingerprint density at radius 1 is 1.27 bits per heavy atom. The topological polar surface area (TPSA) is 104 Å². The summed E-state index contributed by atoms with van der Waals surface area (Å²) in [7, 11) is 1.68. The molecule has 0 bridgehead atoms. The molecule has 1 aromatic carbocycles. The van der Waals surface area contributed by atoms with Gasteiger partial charge in [-0.2, -0.15) is 23.5 Å². The number of ether oxygens (including phenoxy) is 1. The van der Waals surface area contributed by atoms with Crippen LogP contribution in [-0.2, 0) is 17.8 Å². The van der Waals surface area contributed by atoms with Crippen LogP contribution in [0.5, 0.6) is 6.01 Å². The molecule has 0 aliphatic carbocycles. The van der Waals surface area contributed by atoms with Crippen molar-refractivity contribution in [3.8, 4) is 6.01 Å². The van der Waals surface area contributed by atoms with Crippen molar-refractivity contribution in [3.05, 3.63) is 52.9 Å². The number of nitrogen functional groups attached to an aromatic ring is 1. The number of amides is 1. The third-order valence-corrected chi connectivity index (χ3v) is 8.20. The van der Waals surface area contributed by atoms with E-state index in [-0.39, 0.29) is 51.0 Å². The molecule has 0 spiro atoms. The van der Waals surface area contributed by atoms with Crippen LogP contribution in [0.25, 0.3) is 10.9 Å². The summed E-state index contributed by atoms with van der Waals surface area (Å²) in [6.07, 6.45) is 4.96. The number of rotatable bonds is 8. The minimum absolute atomic E-state index is 0. The minimum Gasteiger partial charge on any atom is -0.462 e. The Hall–Kier alpha value is -3.45. The first-order valence-electron chi connectivity index (χ1n) is 14.7. The summed E-state index contributed by atoms with van der Waals surface area (Å²) < 4.78 is 44.6. The number of halogens is 3. The number of carbonyl (C=O) groups is 1. The van der Waals surface area contributed by atoms with Crippen molar-refractivity contribution in [3.63, 3.8) is 0 Å². The summed E-state index contributed by atoms with van der Waals surface area (Å²) in [6.45, 7) is 10.1. The molecule has 1 saturated heterocycles. The van der Waals surface area contributed by atoms with Crippen LogP contribution >= 0.6 is 13.5 Å². The number of carbonyl (C=O) groups excluding carboxylic acids is 1. The number of likely N-dealkylation sites (N-methyl/N-ethyl adjacent to an activating group) is 2. The van der Waals surface area contributed by atoms with Gasteiger partial charge in [-0.05, 0) is 70.5 Å². The summed E-state index contributed by atoms with van der Waals surface area (Å²) in [5.74, 6) is -2.40. The van der Waals surface area contributed by atoms with Gasteiger partial charge >= 0.3 is 6.01 Å². The normalized spacial score (nSPS) is 17.6. The van der Waals surface area contributed by atoms with E-state index >= 15 is 0 Å². The zero-order valence-electron chi connectivity index (χ0n) is 26.1. The predicted octanol–water partition coefficient (Wildman–Crippen LogP) is 4.93. The first-order chi connectivity index (χ1) is 20.5. The number of nitrogens with one attached hydrogen (secondary N) is 1. The zero-order valence-corrected chi connectivity index (χ0v) is 27.1. The number of anilines is 2. The number of likely N-dealkylation sites (tertiary alicyclic amines) is 1. The highest BCUT2D eigenvalue weighted by Gasteiger charge is 2.43. The third kappa shape index (κ3) is 7.98. The standard InChI is InChI=1S/C23H28F2N6O.C8H14FNO.H2S/c1-13-8-18-16(4-6-27-18)20(14(13)2)31-7-5-17-19(10-31)28-22(29-21(17)26)32-11-15-9-23(24,25)12-30(15)3;1-3-10(4-2)8(11)6-5-7-9;/h4,6,8,15,27H,5,7,9-12H2,1-3H3,(H2,26,28,29);5-6H,3-4,7H2,1-2H3;1H2/b;6-5+;/t15-;;/m0../s1. The monoisotopic (exact) mass is 635 g/mol. The van der Waals surface area contributed by atoms with Gasteiger partial charge in [0.15, 0.2) is 0 Å². The highest BCUT2D eigenvalue weighted by molar-refractivity contribution is 7.59. The lowest BCUT2D eigenvalue weighted by atomic mass is 9.99. The Morgan fingerprint density at radius 2 is 2.00 bits per heavy atom. The van der Waals surface area contributed by atoms with Crippen LogP contribution in [0.2, 0.25) is 0 Å². The van der Waals surface area contributed by atoms with E-state index in [4.69, 9.17) is 10.5 Å². The number of hydrogen-bond donors (Lipinski definition) is 2. The molecule has 2 aliphatic heterocycles. The lowest BCUT2D eigenvalue weighted by Gasteiger charge is -2.32. The highest BCUT2D eigenvalue weighted by atomic mass is 32.1. The number of aryl methyl sites for hydroxylation is 1. The molecular weight excluding hydrogens is 591 g/mol. The molecule has 44 heavy (non-hydrogen) atoms. The van der Waals surface area contributed by atoms with Gasteiger partial charge in [0.1, 0.15) is 19.1 Å². The van der Waals surface area contributed by atoms with Crippen LogP contribution in [0.4, 0.5) is 24.7 Å². The predicted molar refractivity (Wildman–Crippen MR) is 174 cm³/mol. The number of benzene rings is 1. The zero-order chi connectivity index (χ0) is 31.3. The maximum absolute atomic E-state index is 13.7. The number of fused-ring (bicyclic) bond motifs is 2. The molecule has 13 heteroatoms. The molecule has 5 rings (SSSR count). The molecule has 0 unspecified atom stereocenters. The first kappa shape index (κ1) is 35.0. The van der Waals surface area contributed by atoms with E-state index in [0.29, 0.717) is 25.5 Å². The van der Waals surface area contributed by atoms with E-state index in [1.807, 2.05) is 20.0 Å². The van der Waals surface area contributed by atoms with Crippen LogP contribution in [0.1, 0.15) is 42.7 Å². The fourth-order valence-electron chi connectivity index (χ4n) is 5.72. The summed E-state index contributed by atoms with van der Waals surface area (Å²) in [4.78, 5) is 28.8. The number of nitrogens with zero attached hydrogens (tertiary/aromatic N) is 5. The van der Waals surface area contributed by atoms with Gasteiger partial charge < -0.3 is 25.3 Å². The lowest BCUT2D eigenvalue weighted by molar-refractivity contribution is -0.125. The fraction of sp³-hybridized carbons (Fsp3) is 0.516. The average Bonchev–Trinajstić information content (AvgIpc) is 3.53. The number of aromatic nitrogens is 3. The third-order valence-electron chi connectivity index (χ3n) is 8.20. The van der Waals surface area contributed by atoms with Gasteiger partial charge in [0.25, 0.3) is 5.92 Å². The van der Waals surface area contributed by atoms with Crippen molar-refractivity contribution in [1.82, 2.24) is 24.8 Å². The van der Waals surface area contributed by atoms with Crippen LogP contribution in [0.3, 0.4) is 0 Å². The Labute approximate surface area is 264 Å². The Balaban J connectivity index is 0.000000380. The molecule has 1 fully saturated rings. The molecule has 2 aromatic heterocycles. The number of hydrogen-bond acceptors (Lipinski definition) is 7. The van der Waals surface area contributed by atoms with Gasteiger partial charge in [-0.15, -0.1) is 0 Å². The molecule has 1 amide bonds. The molecule has 9 nitrogen and oxygen atoms in total. The van der Waals surface area contributed by atoms with E-state index in [0.717, 1.165) is 29.7 Å². The van der Waals surface area contributed by atoms with Crippen molar-refractivity contribution < 1.29 is 22.7 Å². The maximum atomic E-state index is 13.7. The van der Waals surface area contributed by atoms with Gasteiger partial charge in [-0.3, -0.25) is 9.69 Å². The van der Waals surface area contributed by atoms with Gasteiger partial charge in [-0.25, -0.2) is 13.2 Å². The van der Waals surface area contributed by atoms with E-state index in [9.17, 15) is 18.0 Å². The lowest BCUT2D eigenvalue weighted by Crippen LogP contribution is -2.33. The molecular formula is C31H44F3N7O2S. The van der Waals surface area contributed by atoms with E-state index < -0.39 is 12.6 Å². The van der Waals surface area contributed by atoms with Crippen molar-refractivity contribution in [2.24, 2.45) is 0 Å². The Bertz CT molecular complexity index is 1460. The highest BCUT2D eigenvalue weighted by Crippen LogP contribution is 2.36. The van der Waals surface area contributed by atoms with Crippen molar-refractivity contribution in [2.75, 3.05) is 57.1 Å². The van der Waals surface area contributed by atoms with Crippen molar-refractivity contribution >= 4 is 41.8 Å². The second kappa shape index (κ2) is 15.0. The molecule has 242 valence electrons. The number of H-pyrrole nitrogens is 1. The Kier molecular flexibility index (Phi) is 12.0. The molecule has 1 atom stereocenters. The van der Waals surface area contributed by atoms with Crippen LogP contribution in [0, 0.1) is 13.8 Å². The van der Waals surface area contributed by atoms with Crippen LogP contribution in [0.15, 0.2) is 30.5 Å². The summed E-state index contributed by atoms with van der Waals surface area (Å²) in [5, 5.41) is 1.18. The minimum atomic E-state index is -2.69. The molecule has 4 heterocycles. The summed E-state index contributed by atoms with van der Waals surface area (Å²) in [6, 6.07) is 4.05. The van der Waals surface area contributed by atoms with Gasteiger partial charge in [-0.1, -0.05) is 0 Å². The number of alkyl halides is 3. The number of aromatic amines is 1. The van der Waals surface area contributed by atoms with E-state index in [1.54, 1.807) is 16.8 Å². The largest absolute Gasteiger partial charge is 0.462 e. The number of nitrogens with two attached hydrogens (primary N) is 1. The second-order valence-corrected chi connectivity index (χ2v) is 11.1. The maximum Gasteiger partial charge on any atom is 0.318 e. The van der Waals surface area contributed by atoms with E-state index in [1.165, 1.54) is 34.4 Å². The quantitative estimate of drug-likeness (QED) is 0.339. The average molecular weight is 636 g/mol.